The summed E-state index contributed by atoms with van der Waals surface area (Å²) in [5, 5.41) is 0. The van der Waals surface area contributed by atoms with Crippen molar-refractivity contribution in [1.29, 1.82) is 0 Å². The van der Waals surface area contributed by atoms with Gasteiger partial charge in [-0.15, -0.1) is 0 Å². The monoisotopic (exact) mass is 304 g/mol. The van der Waals surface area contributed by atoms with E-state index in [0.717, 1.165) is 6.54 Å². The maximum absolute atomic E-state index is 12.3. The van der Waals surface area contributed by atoms with E-state index in [1.165, 1.54) is 5.56 Å². The van der Waals surface area contributed by atoms with Gasteiger partial charge >= 0.3 is 6.09 Å². The fourth-order valence-corrected chi connectivity index (χ4v) is 2.94. The zero-order chi connectivity index (χ0) is 16.3. The van der Waals surface area contributed by atoms with Crippen LogP contribution < -0.4 is 0 Å². The minimum atomic E-state index is -0.440. The normalized spacial score (nSPS) is 23.4. The van der Waals surface area contributed by atoms with E-state index in [2.05, 4.69) is 43.0 Å². The van der Waals surface area contributed by atoms with Crippen molar-refractivity contribution >= 4 is 6.09 Å². The Morgan fingerprint density at radius 3 is 2.18 bits per heavy atom. The molecule has 2 unspecified atom stereocenters. The molecular formula is C18H28N2O2. The fraction of sp³-hybridized carbons (Fsp3) is 0.611. The van der Waals surface area contributed by atoms with E-state index in [4.69, 9.17) is 4.74 Å². The smallest absolute Gasteiger partial charge is 0.410 e. The van der Waals surface area contributed by atoms with Crippen molar-refractivity contribution < 1.29 is 9.53 Å². The minimum absolute atomic E-state index is 0.203. The van der Waals surface area contributed by atoms with Gasteiger partial charge in [-0.1, -0.05) is 30.3 Å². The van der Waals surface area contributed by atoms with E-state index in [9.17, 15) is 4.79 Å². The highest BCUT2D eigenvalue weighted by molar-refractivity contribution is 5.68. The van der Waals surface area contributed by atoms with E-state index in [1.54, 1.807) is 0 Å². The molecule has 1 aromatic rings. The summed E-state index contributed by atoms with van der Waals surface area (Å²) >= 11 is 0. The zero-order valence-electron chi connectivity index (χ0n) is 14.4. The lowest BCUT2D eigenvalue weighted by Crippen LogP contribution is -2.58. The molecule has 0 spiro atoms. The highest BCUT2D eigenvalue weighted by atomic mass is 16.6. The molecule has 1 aliphatic rings. The van der Waals surface area contributed by atoms with Gasteiger partial charge in [0.2, 0.25) is 0 Å². The van der Waals surface area contributed by atoms with Gasteiger partial charge in [0.15, 0.2) is 0 Å². The Morgan fingerprint density at radius 2 is 1.68 bits per heavy atom. The molecule has 1 aromatic carbocycles. The number of hydrogen-bond acceptors (Lipinski definition) is 3. The number of rotatable bonds is 2. The molecule has 0 bridgehead atoms. The lowest BCUT2D eigenvalue weighted by atomic mass is 10.1. The molecule has 1 saturated heterocycles. The first-order valence-corrected chi connectivity index (χ1v) is 8.04. The summed E-state index contributed by atoms with van der Waals surface area (Å²) in [7, 11) is 0. The van der Waals surface area contributed by atoms with Crippen molar-refractivity contribution in [2.45, 2.75) is 58.8 Å². The van der Waals surface area contributed by atoms with Crippen LogP contribution in [0.5, 0.6) is 0 Å². The van der Waals surface area contributed by atoms with Crippen LogP contribution >= 0.6 is 0 Å². The number of nitrogens with zero attached hydrogens (tertiary/aromatic N) is 2. The van der Waals surface area contributed by atoms with Crippen molar-refractivity contribution in [1.82, 2.24) is 9.80 Å². The van der Waals surface area contributed by atoms with Gasteiger partial charge < -0.3 is 9.64 Å². The average molecular weight is 304 g/mol. The van der Waals surface area contributed by atoms with Crippen LogP contribution in [-0.4, -0.2) is 46.7 Å². The molecule has 1 amide bonds. The van der Waals surface area contributed by atoms with Gasteiger partial charge in [-0.25, -0.2) is 4.79 Å². The second-order valence-corrected chi connectivity index (χ2v) is 7.24. The summed E-state index contributed by atoms with van der Waals surface area (Å²) < 4.78 is 5.50. The standard InChI is InChI=1S/C18H28N2O2/c1-14-11-19(17(21)22-18(3,4)5)12-15(2)20(14)13-16-9-7-6-8-10-16/h6-10,14-15H,11-13H2,1-5H3. The summed E-state index contributed by atoms with van der Waals surface area (Å²) in [4.78, 5) is 16.5. The fourth-order valence-electron chi connectivity index (χ4n) is 2.94. The largest absolute Gasteiger partial charge is 0.444 e. The second-order valence-electron chi connectivity index (χ2n) is 7.24. The van der Waals surface area contributed by atoms with Gasteiger partial charge in [0, 0.05) is 31.7 Å². The molecule has 2 rings (SSSR count). The Bertz CT molecular complexity index is 484. The molecule has 0 aromatic heterocycles. The van der Waals surface area contributed by atoms with Crippen molar-refractivity contribution in [3.63, 3.8) is 0 Å². The van der Waals surface area contributed by atoms with Gasteiger partial charge in [0.25, 0.3) is 0 Å². The third-order valence-corrected chi connectivity index (χ3v) is 3.96. The van der Waals surface area contributed by atoms with E-state index in [0.29, 0.717) is 25.2 Å². The van der Waals surface area contributed by atoms with Gasteiger partial charge in [-0.3, -0.25) is 4.90 Å². The van der Waals surface area contributed by atoms with Crippen molar-refractivity contribution in [3.05, 3.63) is 35.9 Å². The zero-order valence-corrected chi connectivity index (χ0v) is 14.4. The van der Waals surface area contributed by atoms with E-state index in [1.807, 2.05) is 31.7 Å². The van der Waals surface area contributed by atoms with Crippen LogP contribution in [0.1, 0.15) is 40.2 Å². The van der Waals surface area contributed by atoms with E-state index in [-0.39, 0.29) is 6.09 Å². The average Bonchev–Trinajstić information content (AvgIpc) is 2.42. The molecule has 0 aliphatic carbocycles. The summed E-state index contributed by atoms with van der Waals surface area (Å²) in [5.41, 5.74) is 0.872. The maximum Gasteiger partial charge on any atom is 0.410 e. The van der Waals surface area contributed by atoms with Crippen molar-refractivity contribution in [3.8, 4) is 0 Å². The topological polar surface area (TPSA) is 32.8 Å². The number of benzene rings is 1. The van der Waals surface area contributed by atoms with Gasteiger partial charge in [0.1, 0.15) is 5.60 Å². The molecule has 0 saturated carbocycles. The molecular weight excluding hydrogens is 276 g/mol. The molecule has 4 nitrogen and oxygen atoms in total. The van der Waals surface area contributed by atoms with Crippen LogP contribution in [0, 0.1) is 0 Å². The molecule has 122 valence electrons. The van der Waals surface area contributed by atoms with Gasteiger partial charge in [-0.05, 0) is 40.2 Å². The lowest BCUT2D eigenvalue weighted by Gasteiger charge is -2.44. The van der Waals surface area contributed by atoms with Crippen LogP contribution in [-0.2, 0) is 11.3 Å². The number of amides is 1. The van der Waals surface area contributed by atoms with Crippen LogP contribution in [0.25, 0.3) is 0 Å². The molecule has 0 radical (unpaired) electrons. The summed E-state index contributed by atoms with van der Waals surface area (Å²) in [5.74, 6) is 0. The highest BCUT2D eigenvalue weighted by Crippen LogP contribution is 2.21. The SMILES string of the molecule is CC1CN(C(=O)OC(C)(C)C)CC(C)N1Cc1ccccc1. The molecule has 22 heavy (non-hydrogen) atoms. The van der Waals surface area contributed by atoms with Gasteiger partial charge in [0.05, 0.1) is 0 Å². The second kappa shape index (κ2) is 6.69. The predicted molar refractivity (Wildman–Crippen MR) is 88.7 cm³/mol. The third-order valence-electron chi connectivity index (χ3n) is 3.96. The number of carbonyl (C=O) groups is 1. The number of piperazine rings is 1. The Morgan fingerprint density at radius 1 is 1.14 bits per heavy atom. The Balaban J connectivity index is 1.98. The molecule has 4 heteroatoms. The molecule has 1 aliphatic heterocycles. The molecule has 0 N–H and O–H groups in total. The van der Waals surface area contributed by atoms with Crippen molar-refractivity contribution in [2.24, 2.45) is 0 Å². The number of hydrogen-bond donors (Lipinski definition) is 0. The highest BCUT2D eigenvalue weighted by Gasteiger charge is 2.33. The number of ether oxygens (including phenoxy) is 1. The first-order chi connectivity index (χ1) is 10.3. The maximum atomic E-state index is 12.3. The van der Waals surface area contributed by atoms with Crippen LogP contribution in [0.15, 0.2) is 30.3 Å². The molecule has 2 atom stereocenters. The quantitative estimate of drug-likeness (QED) is 0.838. The molecule has 1 fully saturated rings. The lowest BCUT2D eigenvalue weighted by molar-refractivity contribution is -0.00966. The summed E-state index contributed by atoms with van der Waals surface area (Å²) in [6.07, 6.45) is -0.203. The van der Waals surface area contributed by atoms with Gasteiger partial charge in [-0.2, -0.15) is 0 Å². The Hall–Kier alpha value is -1.55. The number of carbonyl (C=O) groups excluding carboxylic acids is 1. The van der Waals surface area contributed by atoms with Crippen LogP contribution in [0.3, 0.4) is 0 Å². The first-order valence-electron chi connectivity index (χ1n) is 8.04. The third kappa shape index (κ3) is 4.47. The minimum Gasteiger partial charge on any atom is -0.444 e. The Kier molecular flexibility index (Phi) is 5.12. The summed E-state index contributed by atoms with van der Waals surface area (Å²) in [6, 6.07) is 11.1. The van der Waals surface area contributed by atoms with E-state index >= 15 is 0 Å². The van der Waals surface area contributed by atoms with E-state index < -0.39 is 5.60 Å². The Labute approximate surface area is 134 Å². The van der Waals surface area contributed by atoms with Crippen LogP contribution in [0.4, 0.5) is 4.79 Å². The molecule has 1 heterocycles. The summed E-state index contributed by atoms with van der Waals surface area (Å²) in [6.45, 7) is 12.4. The predicted octanol–water partition coefficient (Wildman–Crippen LogP) is 3.52. The first kappa shape index (κ1) is 16.8. The van der Waals surface area contributed by atoms with Crippen molar-refractivity contribution in [2.75, 3.05) is 13.1 Å². The van der Waals surface area contributed by atoms with Crippen LogP contribution in [0.2, 0.25) is 0 Å².